The van der Waals surface area contributed by atoms with Gasteiger partial charge in [-0.2, -0.15) is 13.1 Å². The molecule has 1 aliphatic heterocycles. The molecule has 2 heterocycles. The summed E-state index contributed by atoms with van der Waals surface area (Å²) in [6.45, 7) is -2.87. The van der Waals surface area contributed by atoms with Crippen molar-refractivity contribution in [1.82, 2.24) is 4.31 Å². The van der Waals surface area contributed by atoms with Crippen LogP contribution in [0.1, 0.15) is 18.4 Å². The fourth-order valence-electron chi connectivity index (χ4n) is 3.01. The van der Waals surface area contributed by atoms with Crippen LogP contribution in [0, 0.1) is 5.92 Å². The molecule has 0 radical (unpaired) electrons. The summed E-state index contributed by atoms with van der Waals surface area (Å²) in [6.07, 6.45) is 0.638. The lowest BCUT2D eigenvalue weighted by Crippen LogP contribution is -2.40. The van der Waals surface area contributed by atoms with E-state index in [1.165, 1.54) is 22.5 Å². The number of nitrogens with zero attached hydrogens (tertiary/aromatic N) is 1. The van der Waals surface area contributed by atoms with Gasteiger partial charge < -0.3 is 9.47 Å². The van der Waals surface area contributed by atoms with Crippen LogP contribution in [0.25, 0.3) is 0 Å². The molecule has 1 fully saturated rings. The molecular weight excluding hydrogens is 448 g/mol. The van der Waals surface area contributed by atoms with Crippen LogP contribution in [0.15, 0.2) is 39.9 Å². The van der Waals surface area contributed by atoms with Crippen LogP contribution in [-0.4, -0.2) is 38.4 Å². The number of hydrogen-bond acceptors (Lipinski definition) is 6. The van der Waals surface area contributed by atoms with Crippen molar-refractivity contribution in [2.75, 3.05) is 13.1 Å². The number of hydrogen-bond donors (Lipinski definition) is 0. The average molecular weight is 466 g/mol. The molecule has 0 unspecified atom stereocenters. The standard InChI is InChI=1S/C18H18ClF2NO5S2/c19-14-3-4-15(27-18(20)21)13(10-14)11-26-17(23)12-5-7-22(8-6-12)29(24,25)16-2-1-9-28-16/h1-4,9-10,12,18H,5-8,11H2. The van der Waals surface area contributed by atoms with E-state index in [1.54, 1.807) is 17.5 Å². The number of alkyl halides is 2. The first-order valence-electron chi connectivity index (χ1n) is 8.71. The number of ether oxygens (including phenoxy) is 2. The molecule has 158 valence electrons. The molecule has 0 spiro atoms. The van der Waals surface area contributed by atoms with Crippen LogP contribution < -0.4 is 4.74 Å². The van der Waals surface area contributed by atoms with E-state index >= 15 is 0 Å². The van der Waals surface area contributed by atoms with Crippen LogP contribution in [-0.2, 0) is 26.2 Å². The number of rotatable bonds is 7. The molecule has 6 nitrogen and oxygen atoms in total. The Morgan fingerprint density at radius 3 is 2.62 bits per heavy atom. The lowest BCUT2D eigenvalue weighted by molar-refractivity contribution is -0.151. The van der Waals surface area contributed by atoms with Crippen molar-refractivity contribution in [3.63, 3.8) is 0 Å². The number of thiophene rings is 1. The van der Waals surface area contributed by atoms with Gasteiger partial charge in [-0.05, 0) is 42.5 Å². The molecule has 2 aromatic rings. The summed E-state index contributed by atoms with van der Waals surface area (Å²) >= 11 is 7.02. The van der Waals surface area contributed by atoms with Crippen molar-refractivity contribution < 1.29 is 31.5 Å². The lowest BCUT2D eigenvalue weighted by Gasteiger charge is -2.29. The van der Waals surface area contributed by atoms with Gasteiger partial charge in [-0.25, -0.2) is 8.42 Å². The minimum atomic E-state index is -3.55. The van der Waals surface area contributed by atoms with Gasteiger partial charge in [0.15, 0.2) is 0 Å². The number of halogens is 3. The van der Waals surface area contributed by atoms with Gasteiger partial charge in [0.25, 0.3) is 10.0 Å². The van der Waals surface area contributed by atoms with Crippen molar-refractivity contribution in [1.29, 1.82) is 0 Å². The van der Waals surface area contributed by atoms with Gasteiger partial charge in [-0.1, -0.05) is 17.7 Å². The van der Waals surface area contributed by atoms with Gasteiger partial charge in [0.05, 0.1) is 5.92 Å². The lowest BCUT2D eigenvalue weighted by atomic mass is 9.98. The maximum absolute atomic E-state index is 12.5. The summed E-state index contributed by atoms with van der Waals surface area (Å²) in [5.41, 5.74) is 0.226. The van der Waals surface area contributed by atoms with Crippen LogP contribution in [0.4, 0.5) is 8.78 Å². The van der Waals surface area contributed by atoms with E-state index in [-0.39, 0.29) is 35.2 Å². The van der Waals surface area contributed by atoms with E-state index in [4.69, 9.17) is 16.3 Å². The third-order valence-corrected chi connectivity index (χ3v) is 7.99. The molecule has 1 aromatic carbocycles. The predicted molar refractivity (Wildman–Crippen MR) is 104 cm³/mol. The average Bonchev–Trinajstić information content (AvgIpc) is 3.23. The van der Waals surface area contributed by atoms with Crippen molar-refractivity contribution in [2.45, 2.75) is 30.3 Å². The Labute approximate surface area is 176 Å². The first-order valence-corrected chi connectivity index (χ1v) is 11.4. The van der Waals surface area contributed by atoms with Crippen molar-refractivity contribution >= 4 is 38.9 Å². The summed E-state index contributed by atoms with van der Waals surface area (Å²) in [7, 11) is -3.55. The maximum Gasteiger partial charge on any atom is 0.387 e. The highest BCUT2D eigenvalue weighted by molar-refractivity contribution is 7.91. The summed E-state index contributed by atoms with van der Waals surface area (Å²) in [6, 6.07) is 7.29. The summed E-state index contributed by atoms with van der Waals surface area (Å²) in [5.74, 6) is -1.10. The first-order chi connectivity index (χ1) is 13.8. The smallest absolute Gasteiger partial charge is 0.387 e. The van der Waals surface area contributed by atoms with Crippen molar-refractivity contribution in [2.24, 2.45) is 5.92 Å². The van der Waals surface area contributed by atoms with Gasteiger partial charge in [0.1, 0.15) is 16.6 Å². The molecular formula is C18H18ClF2NO5S2. The Bertz CT molecular complexity index is 945. The quantitative estimate of drug-likeness (QED) is 0.574. The predicted octanol–water partition coefficient (Wildman–Crippen LogP) is 4.15. The minimum absolute atomic E-state index is 0.117. The van der Waals surface area contributed by atoms with E-state index < -0.39 is 28.5 Å². The van der Waals surface area contributed by atoms with Gasteiger partial charge in [-0.3, -0.25) is 4.79 Å². The molecule has 3 rings (SSSR count). The monoisotopic (exact) mass is 465 g/mol. The van der Waals surface area contributed by atoms with Gasteiger partial charge >= 0.3 is 12.6 Å². The van der Waals surface area contributed by atoms with Crippen molar-refractivity contribution in [3.05, 3.63) is 46.3 Å². The fraction of sp³-hybridized carbons (Fsp3) is 0.389. The molecule has 0 saturated carbocycles. The van der Waals surface area contributed by atoms with E-state index in [0.29, 0.717) is 17.9 Å². The molecule has 29 heavy (non-hydrogen) atoms. The first kappa shape index (κ1) is 21.9. The zero-order chi connectivity index (χ0) is 21.0. The van der Waals surface area contributed by atoms with Gasteiger partial charge in [0, 0.05) is 23.7 Å². The second-order valence-corrected chi connectivity index (χ2v) is 9.90. The zero-order valence-corrected chi connectivity index (χ0v) is 17.5. The minimum Gasteiger partial charge on any atom is -0.460 e. The Kier molecular flexibility index (Phi) is 7.10. The van der Waals surface area contributed by atoms with E-state index in [0.717, 1.165) is 11.3 Å². The SMILES string of the molecule is O=C(OCc1cc(Cl)ccc1OC(F)F)C1CCN(S(=O)(=O)c2cccs2)CC1. The van der Waals surface area contributed by atoms with Crippen LogP contribution in [0.3, 0.4) is 0 Å². The molecule has 0 atom stereocenters. The highest BCUT2D eigenvalue weighted by Crippen LogP contribution is 2.28. The third kappa shape index (κ3) is 5.44. The molecule has 1 aromatic heterocycles. The van der Waals surface area contributed by atoms with E-state index in [2.05, 4.69) is 4.74 Å². The Morgan fingerprint density at radius 2 is 2.00 bits per heavy atom. The molecule has 0 amide bonds. The van der Waals surface area contributed by atoms with Crippen LogP contribution in [0.5, 0.6) is 5.75 Å². The van der Waals surface area contributed by atoms with E-state index in [1.807, 2.05) is 0 Å². The highest BCUT2D eigenvalue weighted by Gasteiger charge is 2.33. The van der Waals surface area contributed by atoms with Gasteiger partial charge in [-0.15, -0.1) is 11.3 Å². The molecule has 1 aliphatic rings. The summed E-state index contributed by atoms with van der Waals surface area (Å²) in [5, 5.41) is 1.99. The Hall–Kier alpha value is -1.75. The van der Waals surface area contributed by atoms with E-state index in [9.17, 15) is 22.0 Å². The number of sulfonamides is 1. The summed E-state index contributed by atoms with van der Waals surface area (Å²) in [4.78, 5) is 12.4. The molecule has 11 heteroatoms. The number of esters is 1. The number of piperidine rings is 1. The molecule has 0 bridgehead atoms. The molecule has 0 N–H and O–H groups in total. The molecule has 0 aliphatic carbocycles. The van der Waals surface area contributed by atoms with Crippen molar-refractivity contribution in [3.8, 4) is 5.75 Å². The third-order valence-electron chi connectivity index (χ3n) is 4.49. The second kappa shape index (κ2) is 9.38. The Morgan fingerprint density at radius 1 is 1.28 bits per heavy atom. The van der Waals surface area contributed by atoms with Gasteiger partial charge in [0.2, 0.25) is 0 Å². The largest absolute Gasteiger partial charge is 0.460 e. The second-order valence-electron chi connectivity index (χ2n) is 6.35. The highest BCUT2D eigenvalue weighted by atomic mass is 35.5. The molecule has 1 saturated heterocycles. The zero-order valence-electron chi connectivity index (χ0n) is 15.1. The normalized spacial score (nSPS) is 16.1. The number of benzene rings is 1. The maximum atomic E-state index is 12.5. The summed E-state index contributed by atoms with van der Waals surface area (Å²) < 4.78 is 61.4. The number of carbonyl (C=O) groups excluding carboxylic acids is 1. The Balaban J connectivity index is 1.56. The fourth-order valence-corrected chi connectivity index (χ4v) is 5.82. The number of carbonyl (C=O) groups is 1. The van der Waals surface area contributed by atoms with Crippen LogP contribution in [0.2, 0.25) is 5.02 Å². The van der Waals surface area contributed by atoms with Crippen LogP contribution >= 0.6 is 22.9 Å². The topological polar surface area (TPSA) is 72.9 Å².